The maximum atomic E-state index is 11.5. The summed E-state index contributed by atoms with van der Waals surface area (Å²) in [5.74, 6) is 1.12. The van der Waals surface area contributed by atoms with Crippen molar-refractivity contribution in [2.75, 3.05) is 39.3 Å². The molecular weight excluding hydrogens is 463 g/mol. The fourth-order valence-corrected chi connectivity index (χ4v) is 3.50. The lowest BCUT2D eigenvalue weighted by Gasteiger charge is -2.36. The molecule has 1 amide bonds. The lowest BCUT2D eigenvalue weighted by atomic mass is 9.96. The number of amides is 1. The van der Waals surface area contributed by atoms with E-state index in [-0.39, 0.29) is 35.3 Å². The van der Waals surface area contributed by atoms with E-state index in [0.717, 1.165) is 50.3 Å². The quantitative estimate of drug-likeness (QED) is 0.401. The second-order valence-electron chi connectivity index (χ2n) is 6.95. The van der Waals surface area contributed by atoms with Gasteiger partial charge in [0.05, 0.1) is 6.54 Å². The van der Waals surface area contributed by atoms with Crippen LogP contribution >= 0.6 is 35.6 Å². The van der Waals surface area contributed by atoms with Crippen molar-refractivity contribution >= 4 is 47.4 Å². The molecule has 0 bridgehead atoms. The number of rotatable bonds is 4. The largest absolute Gasteiger partial charge is 0.357 e. The van der Waals surface area contributed by atoms with E-state index in [2.05, 4.69) is 29.3 Å². The van der Waals surface area contributed by atoms with Crippen LogP contribution in [-0.2, 0) is 10.2 Å². The minimum Gasteiger partial charge on any atom is -0.357 e. The SMILES string of the molecule is CCNC(=NCC1(c2ccc(Cl)cc2)CC1)N1CCN(C(C)=O)CC1.I. The van der Waals surface area contributed by atoms with E-state index < -0.39 is 0 Å². The number of guanidine groups is 1. The van der Waals surface area contributed by atoms with Crippen LogP contribution in [0.4, 0.5) is 0 Å². The molecular formula is C19H28ClIN4O. The number of hydrogen-bond acceptors (Lipinski definition) is 2. The normalized spacial score (nSPS) is 19.0. The van der Waals surface area contributed by atoms with E-state index in [1.54, 1.807) is 6.92 Å². The molecule has 1 heterocycles. The average molecular weight is 491 g/mol. The Morgan fingerprint density at radius 2 is 1.73 bits per heavy atom. The number of carbonyl (C=O) groups is 1. The van der Waals surface area contributed by atoms with Gasteiger partial charge in [-0.3, -0.25) is 9.79 Å². The number of hydrogen-bond donors (Lipinski definition) is 1. The van der Waals surface area contributed by atoms with Crippen molar-refractivity contribution in [2.45, 2.75) is 32.1 Å². The second kappa shape index (κ2) is 9.26. The van der Waals surface area contributed by atoms with Gasteiger partial charge in [0.1, 0.15) is 0 Å². The third kappa shape index (κ3) is 5.03. The van der Waals surface area contributed by atoms with E-state index in [1.165, 1.54) is 18.4 Å². The maximum absolute atomic E-state index is 11.5. The molecule has 1 saturated heterocycles. The molecule has 144 valence electrons. The van der Waals surface area contributed by atoms with Gasteiger partial charge in [-0.1, -0.05) is 23.7 Å². The molecule has 1 aromatic carbocycles. The highest BCUT2D eigenvalue weighted by Gasteiger charge is 2.44. The van der Waals surface area contributed by atoms with E-state index in [9.17, 15) is 4.79 Å². The van der Waals surface area contributed by atoms with Gasteiger partial charge in [-0.2, -0.15) is 0 Å². The molecule has 5 nitrogen and oxygen atoms in total. The molecule has 0 aromatic heterocycles. The Morgan fingerprint density at radius 1 is 1.15 bits per heavy atom. The number of piperazine rings is 1. The molecule has 1 saturated carbocycles. The summed E-state index contributed by atoms with van der Waals surface area (Å²) >= 11 is 6.01. The molecule has 0 unspecified atom stereocenters. The van der Waals surface area contributed by atoms with Crippen LogP contribution in [0.2, 0.25) is 5.02 Å². The van der Waals surface area contributed by atoms with Gasteiger partial charge < -0.3 is 15.1 Å². The monoisotopic (exact) mass is 490 g/mol. The molecule has 1 aliphatic heterocycles. The lowest BCUT2D eigenvalue weighted by Crippen LogP contribution is -2.53. The Kier molecular flexibility index (Phi) is 7.58. The predicted molar refractivity (Wildman–Crippen MR) is 118 cm³/mol. The van der Waals surface area contributed by atoms with Crippen LogP contribution in [0.25, 0.3) is 0 Å². The van der Waals surface area contributed by atoms with Crippen molar-refractivity contribution in [1.82, 2.24) is 15.1 Å². The summed E-state index contributed by atoms with van der Waals surface area (Å²) in [4.78, 5) is 20.6. The molecule has 0 atom stereocenters. The third-order valence-corrected chi connectivity index (χ3v) is 5.45. The molecule has 1 aromatic rings. The van der Waals surface area contributed by atoms with Crippen molar-refractivity contribution in [1.29, 1.82) is 0 Å². The van der Waals surface area contributed by atoms with Gasteiger partial charge in [0.15, 0.2) is 5.96 Å². The molecule has 0 radical (unpaired) electrons. The summed E-state index contributed by atoms with van der Waals surface area (Å²) < 4.78 is 0. The number of benzene rings is 1. The van der Waals surface area contributed by atoms with E-state index in [4.69, 9.17) is 16.6 Å². The van der Waals surface area contributed by atoms with Crippen molar-refractivity contribution in [3.05, 3.63) is 34.9 Å². The molecule has 2 fully saturated rings. The Bertz CT molecular complexity index is 637. The van der Waals surface area contributed by atoms with Gasteiger partial charge in [0.25, 0.3) is 0 Å². The first kappa shape index (κ1) is 21.3. The minimum absolute atomic E-state index is 0. The van der Waals surface area contributed by atoms with E-state index >= 15 is 0 Å². The van der Waals surface area contributed by atoms with Gasteiger partial charge in [-0.05, 0) is 37.5 Å². The van der Waals surface area contributed by atoms with Crippen molar-refractivity contribution in [2.24, 2.45) is 4.99 Å². The van der Waals surface area contributed by atoms with Crippen LogP contribution < -0.4 is 5.32 Å². The van der Waals surface area contributed by atoms with Crippen molar-refractivity contribution in [3.63, 3.8) is 0 Å². The molecule has 1 aliphatic carbocycles. The van der Waals surface area contributed by atoms with Gasteiger partial charge in [-0.15, -0.1) is 24.0 Å². The third-order valence-electron chi connectivity index (χ3n) is 5.20. The standard InChI is InChI=1S/C19H27ClN4O.HI/c1-3-21-18(24-12-10-23(11-13-24)15(2)25)22-14-19(8-9-19)16-4-6-17(20)7-5-16;/h4-7H,3,8-14H2,1-2H3,(H,21,22);1H. The van der Waals surface area contributed by atoms with Crippen LogP contribution in [0.15, 0.2) is 29.3 Å². The highest BCUT2D eigenvalue weighted by Crippen LogP contribution is 2.48. The average Bonchev–Trinajstić information content (AvgIpc) is 3.40. The van der Waals surface area contributed by atoms with E-state index in [0.29, 0.717) is 0 Å². The smallest absolute Gasteiger partial charge is 0.219 e. The summed E-state index contributed by atoms with van der Waals surface area (Å²) in [6.07, 6.45) is 2.35. The molecule has 0 spiro atoms. The molecule has 1 N–H and O–H groups in total. The zero-order valence-electron chi connectivity index (χ0n) is 15.5. The Hall–Kier alpha value is -1.02. The van der Waals surface area contributed by atoms with Crippen LogP contribution in [0.3, 0.4) is 0 Å². The fraction of sp³-hybridized carbons (Fsp3) is 0.579. The molecule has 26 heavy (non-hydrogen) atoms. The van der Waals surface area contributed by atoms with Crippen LogP contribution in [0.5, 0.6) is 0 Å². The summed E-state index contributed by atoms with van der Waals surface area (Å²) in [5.41, 5.74) is 1.50. The van der Waals surface area contributed by atoms with Crippen molar-refractivity contribution < 1.29 is 4.79 Å². The van der Waals surface area contributed by atoms with Crippen LogP contribution in [0, 0.1) is 0 Å². The summed E-state index contributed by atoms with van der Waals surface area (Å²) in [6.45, 7) is 8.57. The highest BCUT2D eigenvalue weighted by atomic mass is 127. The number of carbonyl (C=O) groups excluding carboxylic acids is 1. The van der Waals surface area contributed by atoms with Gasteiger partial charge in [0.2, 0.25) is 5.91 Å². The second-order valence-corrected chi connectivity index (χ2v) is 7.39. The number of aliphatic imine (C=N–C) groups is 1. The summed E-state index contributed by atoms with van der Waals surface area (Å²) in [6, 6.07) is 8.19. The summed E-state index contributed by atoms with van der Waals surface area (Å²) in [5, 5.41) is 4.19. The topological polar surface area (TPSA) is 47.9 Å². The Balaban J connectivity index is 0.00000243. The maximum Gasteiger partial charge on any atom is 0.219 e. The summed E-state index contributed by atoms with van der Waals surface area (Å²) in [7, 11) is 0. The lowest BCUT2D eigenvalue weighted by molar-refractivity contribution is -0.130. The highest BCUT2D eigenvalue weighted by molar-refractivity contribution is 14.0. The van der Waals surface area contributed by atoms with Gasteiger partial charge in [-0.25, -0.2) is 0 Å². The zero-order valence-corrected chi connectivity index (χ0v) is 18.6. The Morgan fingerprint density at radius 3 is 2.23 bits per heavy atom. The van der Waals surface area contributed by atoms with Crippen molar-refractivity contribution in [3.8, 4) is 0 Å². The zero-order chi connectivity index (χ0) is 17.9. The molecule has 2 aliphatic rings. The minimum atomic E-state index is 0. The Labute approximate surface area is 178 Å². The molecule has 3 rings (SSSR count). The number of nitrogens with zero attached hydrogens (tertiary/aromatic N) is 3. The van der Waals surface area contributed by atoms with E-state index in [1.807, 2.05) is 17.0 Å². The fourth-order valence-electron chi connectivity index (χ4n) is 3.38. The van der Waals surface area contributed by atoms with Gasteiger partial charge in [0, 0.05) is 50.1 Å². The first-order valence-electron chi connectivity index (χ1n) is 9.09. The first-order valence-corrected chi connectivity index (χ1v) is 9.47. The van der Waals surface area contributed by atoms with Crippen LogP contribution in [-0.4, -0.2) is 60.9 Å². The molecule has 7 heteroatoms. The number of nitrogens with one attached hydrogen (secondary N) is 1. The first-order chi connectivity index (χ1) is 12.0. The van der Waals surface area contributed by atoms with Crippen LogP contribution in [0.1, 0.15) is 32.3 Å². The van der Waals surface area contributed by atoms with Gasteiger partial charge >= 0.3 is 0 Å². The number of halogens is 2. The predicted octanol–water partition coefficient (Wildman–Crippen LogP) is 3.12.